The SMILES string of the molecule is COC(=O)[C@H]1CCCN(Cc2nc(C(C)(C)C)no2)C1. The van der Waals surface area contributed by atoms with Crippen molar-refractivity contribution in [1.82, 2.24) is 15.0 Å². The topological polar surface area (TPSA) is 68.5 Å². The number of carbonyl (C=O) groups excluding carboxylic acids is 1. The van der Waals surface area contributed by atoms with Crippen molar-refractivity contribution < 1.29 is 14.1 Å². The van der Waals surface area contributed by atoms with Crippen LogP contribution in [-0.4, -0.2) is 41.2 Å². The van der Waals surface area contributed by atoms with Crippen LogP contribution in [-0.2, 0) is 21.5 Å². The van der Waals surface area contributed by atoms with Gasteiger partial charge < -0.3 is 9.26 Å². The second-order valence-corrected chi connectivity index (χ2v) is 6.36. The van der Waals surface area contributed by atoms with E-state index in [1.807, 2.05) is 0 Å². The van der Waals surface area contributed by atoms with Gasteiger partial charge in [-0.2, -0.15) is 4.98 Å². The molecule has 0 unspecified atom stereocenters. The zero-order valence-electron chi connectivity index (χ0n) is 12.7. The minimum atomic E-state index is -0.129. The van der Waals surface area contributed by atoms with Gasteiger partial charge in [0, 0.05) is 12.0 Å². The van der Waals surface area contributed by atoms with Gasteiger partial charge in [0.2, 0.25) is 5.89 Å². The summed E-state index contributed by atoms with van der Waals surface area (Å²) in [5, 5.41) is 4.02. The second-order valence-electron chi connectivity index (χ2n) is 6.36. The average Bonchev–Trinajstić information content (AvgIpc) is 2.86. The lowest BCUT2D eigenvalue weighted by molar-refractivity contribution is -0.147. The molecule has 2 heterocycles. The van der Waals surface area contributed by atoms with E-state index in [9.17, 15) is 4.79 Å². The highest BCUT2D eigenvalue weighted by molar-refractivity contribution is 5.72. The molecule has 1 fully saturated rings. The molecule has 1 aromatic heterocycles. The van der Waals surface area contributed by atoms with Crippen molar-refractivity contribution in [2.24, 2.45) is 5.92 Å². The van der Waals surface area contributed by atoms with Crippen molar-refractivity contribution in [3.05, 3.63) is 11.7 Å². The van der Waals surface area contributed by atoms with Crippen LogP contribution in [0.15, 0.2) is 4.52 Å². The molecule has 1 aliphatic heterocycles. The molecule has 0 saturated carbocycles. The third kappa shape index (κ3) is 3.56. The maximum atomic E-state index is 11.6. The van der Waals surface area contributed by atoms with Crippen molar-refractivity contribution in [3.63, 3.8) is 0 Å². The zero-order chi connectivity index (χ0) is 14.8. The molecule has 6 nitrogen and oxygen atoms in total. The maximum Gasteiger partial charge on any atom is 0.309 e. The van der Waals surface area contributed by atoms with Crippen LogP contribution in [0.1, 0.15) is 45.3 Å². The quantitative estimate of drug-likeness (QED) is 0.786. The number of rotatable bonds is 3. The first-order valence-corrected chi connectivity index (χ1v) is 7.03. The van der Waals surface area contributed by atoms with E-state index in [-0.39, 0.29) is 17.3 Å². The molecule has 0 bridgehead atoms. The van der Waals surface area contributed by atoms with Gasteiger partial charge in [0.05, 0.1) is 19.6 Å². The standard InChI is InChI=1S/C14H23N3O3/c1-14(2,3)13-15-11(20-16-13)9-17-7-5-6-10(8-17)12(18)19-4/h10H,5-9H2,1-4H3/t10-/m0/s1. The molecular weight excluding hydrogens is 258 g/mol. The van der Waals surface area contributed by atoms with Gasteiger partial charge in [0.25, 0.3) is 0 Å². The zero-order valence-corrected chi connectivity index (χ0v) is 12.7. The number of aromatic nitrogens is 2. The Morgan fingerprint density at radius 2 is 2.25 bits per heavy atom. The number of hydrogen-bond donors (Lipinski definition) is 0. The highest BCUT2D eigenvalue weighted by Gasteiger charge is 2.28. The van der Waals surface area contributed by atoms with Gasteiger partial charge >= 0.3 is 5.97 Å². The number of carbonyl (C=O) groups is 1. The maximum absolute atomic E-state index is 11.6. The van der Waals surface area contributed by atoms with E-state index in [1.54, 1.807) is 0 Å². The van der Waals surface area contributed by atoms with Crippen LogP contribution >= 0.6 is 0 Å². The van der Waals surface area contributed by atoms with Crippen molar-refractivity contribution in [3.8, 4) is 0 Å². The smallest absolute Gasteiger partial charge is 0.309 e. The summed E-state index contributed by atoms with van der Waals surface area (Å²) in [6.45, 7) is 8.39. The fraction of sp³-hybridized carbons (Fsp3) is 0.786. The molecule has 0 radical (unpaired) electrons. The molecule has 6 heteroatoms. The van der Waals surface area contributed by atoms with Gasteiger partial charge in [-0.3, -0.25) is 9.69 Å². The summed E-state index contributed by atoms with van der Waals surface area (Å²) in [7, 11) is 1.44. The summed E-state index contributed by atoms with van der Waals surface area (Å²) in [5.41, 5.74) is -0.113. The Hall–Kier alpha value is -1.43. The van der Waals surface area contributed by atoms with Crippen LogP contribution < -0.4 is 0 Å². The van der Waals surface area contributed by atoms with E-state index in [1.165, 1.54) is 7.11 Å². The number of likely N-dealkylation sites (tertiary alicyclic amines) is 1. The normalized spacial score (nSPS) is 20.9. The van der Waals surface area contributed by atoms with Gasteiger partial charge in [-0.1, -0.05) is 25.9 Å². The first-order chi connectivity index (χ1) is 9.40. The summed E-state index contributed by atoms with van der Waals surface area (Å²) in [6, 6.07) is 0. The number of hydrogen-bond acceptors (Lipinski definition) is 6. The van der Waals surface area contributed by atoms with Crippen LogP contribution in [0.5, 0.6) is 0 Å². The third-order valence-corrected chi connectivity index (χ3v) is 3.54. The summed E-state index contributed by atoms with van der Waals surface area (Å²) < 4.78 is 10.1. The van der Waals surface area contributed by atoms with Crippen molar-refractivity contribution in [1.29, 1.82) is 0 Å². The average molecular weight is 281 g/mol. The van der Waals surface area contributed by atoms with Crippen LogP contribution in [0, 0.1) is 5.92 Å². The Morgan fingerprint density at radius 1 is 1.50 bits per heavy atom. The minimum absolute atomic E-state index is 0.0428. The molecule has 1 aliphatic rings. The van der Waals surface area contributed by atoms with Crippen molar-refractivity contribution in [2.45, 2.75) is 45.6 Å². The molecular formula is C14H23N3O3. The molecule has 2 rings (SSSR count). The second kappa shape index (κ2) is 5.91. The first kappa shape index (κ1) is 15.0. The molecule has 0 N–H and O–H groups in total. The number of piperidine rings is 1. The molecule has 20 heavy (non-hydrogen) atoms. The predicted molar refractivity (Wildman–Crippen MR) is 73.0 cm³/mol. The van der Waals surface area contributed by atoms with Crippen LogP contribution in [0.25, 0.3) is 0 Å². The molecule has 1 atom stereocenters. The Morgan fingerprint density at radius 3 is 2.85 bits per heavy atom. The lowest BCUT2D eigenvalue weighted by atomic mass is 9.96. The molecule has 0 spiro atoms. The Kier molecular flexibility index (Phi) is 4.42. The Bertz CT molecular complexity index is 464. The summed E-state index contributed by atoms with van der Waals surface area (Å²) in [5.74, 6) is 1.16. The number of methoxy groups -OCH3 is 1. The molecule has 1 aromatic rings. The van der Waals surface area contributed by atoms with E-state index in [2.05, 4.69) is 35.8 Å². The van der Waals surface area contributed by atoms with Gasteiger partial charge in [0.1, 0.15) is 0 Å². The van der Waals surface area contributed by atoms with Crippen LogP contribution in [0.4, 0.5) is 0 Å². The van der Waals surface area contributed by atoms with Gasteiger partial charge in [0.15, 0.2) is 5.82 Å². The summed E-state index contributed by atoms with van der Waals surface area (Å²) in [4.78, 5) is 18.2. The highest BCUT2D eigenvalue weighted by atomic mass is 16.5. The third-order valence-electron chi connectivity index (χ3n) is 3.54. The molecule has 0 amide bonds. The van der Waals surface area contributed by atoms with E-state index in [0.29, 0.717) is 24.8 Å². The van der Waals surface area contributed by atoms with E-state index < -0.39 is 0 Å². The lowest BCUT2D eigenvalue weighted by Crippen LogP contribution is -2.38. The number of ether oxygens (including phenoxy) is 1. The van der Waals surface area contributed by atoms with Crippen molar-refractivity contribution in [2.75, 3.05) is 20.2 Å². The van der Waals surface area contributed by atoms with E-state index >= 15 is 0 Å². The summed E-state index contributed by atoms with van der Waals surface area (Å²) >= 11 is 0. The Balaban J connectivity index is 1.96. The van der Waals surface area contributed by atoms with E-state index in [4.69, 9.17) is 9.26 Å². The van der Waals surface area contributed by atoms with Gasteiger partial charge in [-0.15, -0.1) is 0 Å². The number of nitrogens with zero attached hydrogens (tertiary/aromatic N) is 3. The fourth-order valence-corrected chi connectivity index (χ4v) is 2.37. The lowest BCUT2D eigenvalue weighted by Gasteiger charge is -2.29. The molecule has 112 valence electrons. The number of esters is 1. The minimum Gasteiger partial charge on any atom is -0.469 e. The molecule has 0 aliphatic carbocycles. The van der Waals surface area contributed by atoms with Crippen LogP contribution in [0.2, 0.25) is 0 Å². The van der Waals surface area contributed by atoms with E-state index in [0.717, 1.165) is 19.4 Å². The van der Waals surface area contributed by atoms with Gasteiger partial charge in [-0.25, -0.2) is 0 Å². The molecule has 0 aromatic carbocycles. The Labute approximate surface area is 119 Å². The monoisotopic (exact) mass is 281 g/mol. The fourth-order valence-electron chi connectivity index (χ4n) is 2.37. The highest BCUT2D eigenvalue weighted by Crippen LogP contribution is 2.21. The van der Waals surface area contributed by atoms with Crippen LogP contribution in [0.3, 0.4) is 0 Å². The summed E-state index contributed by atoms with van der Waals surface area (Å²) in [6.07, 6.45) is 1.88. The molecule has 1 saturated heterocycles. The predicted octanol–water partition coefficient (Wildman–Crippen LogP) is 1.75. The largest absolute Gasteiger partial charge is 0.469 e. The van der Waals surface area contributed by atoms with Gasteiger partial charge in [-0.05, 0) is 19.4 Å². The first-order valence-electron chi connectivity index (χ1n) is 7.03. The van der Waals surface area contributed by atoms with Crippen molar-refractivity contribution >= 4 is 5.97 Å².